The summed E-state index contributed by atoms with van der Waals surface area (Å²) < 4.78 is 27.0. The van der Waals surface area contributed by atoms with Gasteiger partial charge in [-0.2, -0.15) is 0 Å². The summed E-state index contributed by atoms with van der Waals surface area (Å²) in [5.41, 5.74) is 1.39. The average Bonchev–Trinajstić information content (AvgIpc) is 3.33. The van der Waals surface area contributed by atoms with Gasteiger partial charge in [0.25, 0.3) is 0 Å². The van der Waals surface area contributed by atoms with Crippen molar-refractivity contribution in [3.8, 4) is 0 Å². The van der Waals surface area contributed by atoms with Crippen molar-refractivity contribution in [3.05, 3.63) is 63.6 Å². The number of halogens is 2. The number of benzene rings is 2. The maximum absolute atomic E-state index is 13.4. The van der Waals surface area contributed by atoms with Gasteiger partial charge in [-0.25, -0.2) is 8.42 Å². The van der Waals surface area contributed by atoms with Gasteiger partial charge in [-0.05, 0) is 68.1 Å². The van der Waals surface area contributed by atoms with Crippen LogP contribution in [0.1, 0.15) is 51.0 Å². The second-order valence-corrected chi connectivity index (χ2v) is 12.5. The summed E-state index contributed by atoms with van der Waals surface area (Å²) >= 11 is 9.41. The van der Waals surface area contributed by atoms with Gasteiger partial charge in [0.05, 0.1) is 11.9 Å². The van der Waals surface area contributed by atoms with E-state index in [2.05, 4.69) is 21.2 Å². The SMILES string of the molecule is C[C@@H](C(=O)NC1CCCC1)N(Cc1cccc(Br)c1)C(=O)CCCN(c1ccc(Cl)cc1)S(C)(=O)=O. The van der Waals surface area contributed by atoms with E-state index in [9.17, 15) is 18.0 Å². The van der Waals surface area contributed by atoms with Gasteiger partial charge in [0.15, 0.2) is 0 Å². The zero-order chi connectivity index (χ0) is 26.3. The molecule has 1 N–H and O–H groups in total. The second kappa shape index (κ2) is 12.9. The lowest BCUT2D eigenvalue weighted by Gasteiger charge is -2.30. The van der Waals surface area contributed by atoms with Crippen molar-refractivity contribution >= 4 is 55.1 Å². The van der Waals surface area contributed by atoms with Crippen molar-refractivity contribution < 1.29 is 18.0 Å². The van der Waals surface area contributed by atoms with Crippen LogP contribution in [-0.2, 0) is 26.2 Å². The molecule has 10 heteroatoms. The lowest BCUT2D eigenvalue weighted by Crippen LogP contribution is -2.49. The first-order valence-electron chi connectivity index (χ1n) is 12.1. The smallest absolute Gasteiger partial charge is 0.242 e. The van der Waals surface area contributed by atoms with Crippen molar-refractivity contribution in [2.24, 2.45) is 0 Å². The first-order chi connectivity index (χ1) is 17.0. The molecule has 0 bridgehead atoms. The van der Waals surface area contributed by atoms with Gasteiger partial charge in [-0.1, -0.05) is 52.5 Å². The van der Waals surface area contributed by atoms with Crippen LogP contribution < -0.4 is 9.62 Å². The largest absolute Gasteiger partial charge is 0.352 e. The van der Waals surface area contributed by atoms with E-state index in [0.29, 0.717) is 17.1 Å². The van der Waals surface area contributed by atoms with E-state index >= 15 is 0 Å². The van der Waals surface area contributed by atoms with Crippen LogP contribution >= 0.6 is 27.5 Å². The Balaban J connectivity index is 1.71. The Labute approximate surface area is 227 Å². The Morgan fingerprint density at radius 2 is 1.81 bits per heavy atom. The lowest BCUT2D eigenvalue weighted by molar-refractivity contribution is -0.141. The molecular weight excluding hydrogens is 566 g/mol. The molecule has 36 heavy (non-hydrogen) atoms. The van der Waals surface area contributed by atoms with E-state index in [1.165, 1.54) is 4.31 Å². The molecule has 1 atom stereocenters. The molecule has 196 valence electrons. The number of nitrogens with zero attached hydrogens (tertiary/aromatic N) is 2. The fourth-order valence-corrected chi connectivity index (χ4v) is 5.96. The van der Waals surface area contributed by atoms with Crippen LogP contribution in [0.25, 0.3) is 0 Å². The quantitative estimate of drug-likeness (QED) is 0.389. The number of nitrogens with one attached hydrogen (secondary N) is 1. The third-order valence-electron chi connectivity index (χ3n) is 6.38. The van der Waals surface area contributed by atoms with Gasteiger partial charge < -0.3 is 10.2 Å². The predicted molar refractivity (Wildman–Crippen MR) is 147 cm³/mol. The lowest BCUT2D eigenvalue weighted by atomic mass is 10.1. The van der Waals surface area contributed by atoms with E-state index in [1.54, 1.807) is 36.1 Å². The monoisotopic (exact) mass is 597 g/mol. The van der Waals surface area contributed by atoms with Crippen molar-refractivity contribution in [1.82, 2.24) is 10.2 Å². The molecule has 0 saturated heterocycles. The molecule has 2 amide bonds. The van der Waals surface area contributed by atoms with E-state index < -0.39 is 16.1 Å². The molecule has 0 aliphatic heterocycles. The molecule has 0 spiro atoms. The molecule has 1 fully saturated rings. The highest BCUT2D eigenvalue weighted by Crippen LogP contribution is 2.22. The summed E-state index contributed by atoms with van der Waals surface area (Å²) in [6.07, 6.45) is 5.68. The maximum atomic E-state index is 13.4. The fraction of sp³-hybridized carbons (Fsp3) is 0.462. The standard InChI is InChI=1S/C26H33BrClN3O4S/c1-19(26(33)29-23-9-3-4-10-23)30(18-20-7-5-8-21(27)17-20)25(32)11-6-16-31(36(2,34)35)24-14-12-22(28)13-15-24/h5,7-8,12-15,17,19,23H,3-4,6,9-11,16,18H2,1-2H3,(H,29,33)/t19-/m0/s1. The van der Waals surface area contributed by atoms with Gasteiger partial charge in [0, 0.05) is 35.0 Å². The topological polar surface area (TPSA) is 86.8 Å². The van der Waals surface area contributed by atoms with Gasteiger partial charge in [0.2, 0.25) is 21.8 Å². The molecule has 0 aromatic heterocycles. The van der Waals surface area contributed by atoms with Gasteiger partial charge in [-0.3, -0.25) is 13.9 Å². The van der Waals surface area contributed by atoms with Crippen LogP contribution in [0.4, 0.5) is 5.69 Å². The minimum absolute atomic E-state index is 0.106. The summed E-state index contributed by atoms with van der Waals surface area (Å²) in [7, 11) is -3.55. The van der Waals surface area contributed by atoms with Crippen molar-refractivity contribution in [3.63, 3.8) is 0 Å². The Morgan fingerprint density at radius 3 is 2.42 bits per heavy atom. The Bertz CT molecular complexity index is 1150. The summed E-state index contributed by atoms with van der Waals surface area (Å²) in [6.45, 7) is 2.17. The number of carbonyl (C=O) groups is 2. The minimum atomic E-state index is -3.55. The number of hydrogen-bond donors (Lipinski definition) is 1. The minimum Gasteiger partial charge on any atom is -0.352 e. The van der Waals surface area contributed by atoms with Crippen LogP contribution in [0.5, 0.6) is 0 Å². The Kier molecular flexibility index (Phi) is 10.2. The molecule has 1 saturated carbocycles. The van der Waals surface area contributed by atoms with Crippen LogP contribution in [-0.4, -0.2) is 50.0 Å². The molecule has 0 unspecified atom stereocenters. The summed E-state index contributed by atoms with van der Waals surface area (Å²) in [5.74, 6) is -0.363. The molecule has 2 aromatic carbocycles. The van der Waals surface area contributed by atoms with Crippen LogP contribution in [0.15, 0.2) is 53.0 Å². The zero-order valence-corrected chi connectivity index (χ0v) is 23.8. The highest BCUT2D eigenvalue weighted by Gasteiger charge is 2.28. The fourth-order valence-electron chi connectivity index (χ4n) is 4.42. The average molecular weight is 599 g/mol. The van der Waals surface area contributed by atoms with Gasteiger partial charge in [0.1, 0.15) is 6.04 Å². The number of carbonyl (C=O) groups excluding carboxylic acids is 2. The number of rotatable bonds is 11. The van der Waals surface area contributed by atoms with Crippen molar-refractivity contribution in [2.75, 3.05) is 17.1 Å². The molecule has 0 radical (unpaired) electrons. The molecule has 0 heterocycles. The van der Waals surface area contributed by atoms with Crippen molar-refractivity contribution in [1.29, 1.82) is 0 Å². The van der Waals surface area contributed by atoms with Crippen LogP contribution in [0, 0.1) is 0 Å². The third-order valence-corrected chi connectivity index (χ3v) is 8.32. The summed E-state index contributed by atoms with van der Waals surface area (Å²) in [4.78, 5) is 28.0. The summed E-state index contributed by atoms with van der Waals surface area (Å²) in [6, 6.07) is 13.7. The first-order valence-corrected chi connectivity index (χ1v) is 15.1. The zero-order valence-electron chi connectivity index (χ0n) is 20.6. The molecule has 2 aromatic rings. The number of amides is 2. The first kappa shape index (κ1) is 28.5. The normalized spacial score (nSPS) is 14.9. The summed E-state index contributed by atoms with van der Waals surface area (Å²) in [5, 5.41) is 3.60. The van der Waals surface area contributed by atoms with Crippen molar-refractivity contribution in [2.45, 2.75) is 64.1 Å². The highest BCUT2D eigenvalue weighted by molar-refractivity contribution is 9.10. The predicted octanol–water partition coefficient (Wildman–Crippen LogP) is 5.12. The van der Waals surface area contributed by atoms with E-state index in [0.717, 1.165) is 42.0 Å². The number of anilines is 1. The van der Waals surface area contributed by atoms with E-state index in [1.807, 2.05) is 24.3 Å². The number of hydrogen-bond acceptors (Lipinski definition) is 4. The second-order valence-electron chi connectivity index (χ2n) is 9.23. The number of sulfonamides is 1. The van der Waals surface area contributed by atoms with Crippen LogP contribution in [0.2, 0.25) is 5.02 Å². The van der Waals surface area contributed by atoms with E-state index in [-0.39, 0.29) is 37.4 Å². The maximum Gasteiger partial charge on any atom is 0.242 e. The molecule has 1 aliphatic rings. The Morgan fingerprint density at radius 1 is 1.14 bits per heavy atom. The highest BCUT2D eigenvalue weighted by atomic mass is 79.9. The molecule has 7 nitrogen and oxygen atoms in total. The van der Waals surface area contributed by atoms with E-state index in [4.69, 9.17) is 11.6 Å². The molecule has 3 rings (SSSR count). The Hall–Kier alpha value is -2.10. The van der Waals surface area contributed by atoms with Crippen LogP contribution in [0.3, 0.4) is 0 Å². The third kappa shape index (κ3) is 8.21. The molecule has 1 aliphatic carbocycles. The van der Waals surface area contributed by atoms with Gasteiger partial charge in [-0.15, -0.1) is 0 Å². The van der Waals surface area contributed by atoms with Gasteiger partial charge >= 0.3 is 0 Å². The molecular formula is C26H33BrClN3O4S.